The Hall–Kier alpha value is -1.88. The number of carbonyl (C=O) groups is 2. The molecule has 0 radical (unpaired) electrons. The van der Waals surface area contributed by atoms with E-state index in [-0.39, 0.29) is 17.9 Å². The first-order valence-corrected chi connectivity index (χ1v) is 11.6. The molecule has 5 nitrogen and oxygen atoms in total. The lowest BCUT2D eigenvalue weighted by Crippen LogP contribution is -2.55. The van der Waals surface area contributed by atoms with Gasteiger partial charge in [-0.25, -0.2) is 0 Å². The quantitative estimate of drug-likeness (QED) is 0.850. The summed E-state index contributed by atoms with van der Waals surface area (Å²) >= 11 is 0. The molecule has 1 aromatic carbocycles. The van der Waals surface area contributed by atoms with Crippen molar-refractivity contribution in [1.82, 2.24) is 10.2 Å². The third kappa shape index (κ3) is 3.37. The predicted octanol–water partition coefficient (Wildman–Crippen LogP) is 3.64. The number of fused-ring (bicyclic) bond motifs is 3. The van der Waals surface area contributed by atoms with E-state index in [0.29, 0.717) is 0 Å². The molecule has 3 fully saturated rings. The molecule has 2 aliphatic heterocycles. The van der Waals surface area contributed by atoms with E-state index in [0.717, 1.165) is 55.1 Å². The van der Waals surface area contributed by atoms with Gasteiger partial charge in [-0.05, 0) is 56.4 Å². The zero-order valence-corrected chi connectivity index (χ0v) is 17.5. The van der Waals surface area contributed by atoms with Crippen molar-refractivity contribution in [2.24, 2.45) is 11.8 Å². The van der Waals surface area contributed by atoms with Crippen LogP contribution in [0.3, 0.4) is 0 Å². The molecule has 0 aromatic heterocycles. The Morgan fingerprint density at radius 3 is 2.21 bits per heavy atom. The summed E-state index contributed by atoms with van der Waals surface area (Å²) in [5.74, 6) is 1.68. The maximum absolute atomic E-state index is 13.2. The van der Waals surface area contributed by atoms with Crippen LogP contribution < -0.4 is 10.2 Å². The summed E-state index contributed by atoms with van der Waals surface area (Å²) in [7, 11) is 0. The second-order valence-corrected chi connectivity index (χ2v) is 9.54. The number of likely N-dealkylation sites (tertiary alicyclic amines) is 1. The van der Waals surface area contributed by atoms with Crippen molar-refractivity contribution in [2.45, 2.75) is 76.4 Å². The topological polar surface area (TPSA) is 52.7 Å². The number of piperidine rings is 1. The molecule has 2 aliphatic carbocycles. The second-order valence-electron chi connectivity index (χ2n) is 9.54. The molecule has 1 saturated heterocycles. The maximum Gasteiger partial charge on any atom is 0.254 e. The fourth-order valence-corrected chi connectivity index (χ4v) is 6.74. The zero-order chi connectivity index (χ0) is 20.0. The molecule has 2 bridgehead atoms. The first-order chi connectivity index (χ1) is 14.1. The van der Waals surface area contributed by atoms with Gasteiger partial charge in [0.2, 0.25) is 5.91 Å². The Kier molecular flexibility index (Phi) is 5.10. The molecule has 2 heterocycles. The van der Waals surface area contributed by atoms with Crippen LogP contribution in [-0.4, -0.2) is 41.9 Å². The lowest BCUT2D eigenvalue weighted by molar-refractivity contribution is -0.126. The van der Waals surface area contributed by atoms with Crippen LogP contribution in [0.1, 0.15) is 69.9 Å². The second kappa shape index (κ2) is 7.75. The first kappa shape index (κ1) is 19.1. The predicted molar refractivity (Wildman–Crippen MR) is 114 cm³/mol. The highest BCUT2D eigenvalue weighted by molar-refractivity contribution is 6.06. The van der Waals surface area contributed by atoms with E-state index in [4.69, 9.17) is 0 Å². The van der Waals surface area contributed by atoms with E-state index in [1.54, 1.807) is 0 Å². The Labute approximate surface area is 173 Å². The number of para-hydroxylation sites is 1. The van der Waals surface area contributed by atoms with Gasteiger partial charge < -0.3 is 10.2 Å². The lowest BCUT2D eigenvalue weighted by atomic mass is 9.67. The van der Waals surface area contributed by atoms with Gasteiger partial charge >= 0.3 is 0 Å². The number of nitrogens with zero attached hydrogens (tertiary/aromatic N) is 2. The highest BCUT2D eigenvalue weighted by Crippen LogP contribution is 2.44. The standard InChI is InChI=1S/C24H33N3O2/c1-16(28)25-22-20-10-2-3-11-21(20)27(24(22)29)19-12-14-26(15-13-19)23-17-6-4-7-18(23)9-5-8-17/h2-3,10-11,17-19,22-23H,4-9,12-15H2,1H3,(H,25,28). The Morgan fingerprint density at radius 2 is 1.59 bits per heavy atom. The summed E-state index contributed by atoms with van der Waals surface area (Å²) in [6.07, 6.45) is 10.6. The number of rotatable bonds is 3. The monoisotopic (exact) mass is 395 g/mol. The lowest BCUT2D eigenvalue weighted by Gasteiger charge is -2.50. The number of benzene rings is 1. The molecular formula is C24H33N3O2. The molecule has 0 spiro atoms. The van der Waals surface area contributed by atoms with Crippen LogP contribution in [-0.2, 0) is 9.59 Å². The van der Waals surface area contributed by atoms with Crippen molar-refractivity contribution in [3.05, 3.63) is 29.8 Å². The molecule has 1 N–H and O–H groups in total. The number of hydrogen-bond acceptors (Lipinski definition) is 3. The van der Waals surface area contributed by atoms with Gasteiger partial charge in [0.05, 0.1) is 0 Å². The summed E-state index contributed by atoms with van der Waals surface area (Å²) in [5, 5.41) is 2.86. The minimum absolute atomic E-state index is 0.0365. The van der Waals surface area contributed by atoms with E-state index < -0.39 is 6.04 Å². The third-order valence-electron chi connectivity index (χ3n) is 7.89. The molecule has 5 rings (SSSR count). The Balaban J connectivity index is 1.31. The van der Waals surface area contributed by atoms with Gasteiger partial charge in [-0.15, -0.1) is 0 Å². The van der Waals surface area contributed by atoms with Crippen molar-refractivity contribution in [1.29, 1.82) is 0 Å². The van der Waals surface area contributed by atoms with Crippen molar-refractivity contribution in [3.8, 4) is 0 Å². The zero-order valence-electron chi connectivity index (χ0n) is 17.5. The van der Waals surface area contributed by atoms with Crippen molar-refractivity contribution >= 4 is 17.5 Å². The Bertz CT molecular complexity index is 764. The van der Waals surface area contributed by atoms with E-state index in [1.807, 2.05) is 29.2 Å². The molecule has 5 heteroatoms. The largest absolute Gasteiger partial charge is 0.341 e. The number of amides is 2. The normalized spacial score (nSPS) is 32.9. The van der Waals surface area contributed by atoms with Crippen LogP contribution in [0, 0.1) is 11.8 Å². The van der Waals surface area contributed by atoms with E-state index in [9.17, 15) is 9.59 Å². The van der Waals surface area contributed by atoms with Gasteiger partial charge in [0, 0.05) is 43.3 Å². The minimum Gasteiger partial charge on any atom is -0.341 e. The van der Waals surface area contributed by atoms with Gasteiger partial charge in [-0.3, -0.25) is 14.5 Å². The van der Waals surface area contributed by atoms with Gasteiger partial charge in [0.25, 0.3) is 5.91 Å². The highest BCUT2D eigenvalue weighted by Gasteiger charge is 2.44. The van der Waals surface area contributed by atoms with Crippen LogP contribution >= 0.6 is 0 Å². The fraction of sp³-hybridized carbons (Fsp3) is 0.667. The maximum atomic E-state index is 13.2. The molecule has 1 aromatic rings. The van der Waals surface area contributed by atoms with E-state index >= 15 is 0 Å². The molecule has 2 amide bonds. The van der Waals surface area contributed by atoms with Crippen molar-refractivity contribution in [2.75, 3.05) is 18.0 Å². The molecule has 1 unspecified atom stereocenters. The molecule has 156 valence electrons. The molecule has 2 saturated carbocycles. The van der Waals surface area contributed by atoms with E-state index in [2.05, 4.69) is 10.2 Å². The summed E-state index contributed by atoms with van der Waals surface area (Å²) in [6.45, 7) is 3.68. The molecule has 29 heavy (non-hydrogen) atoms. The molecule has 1 atom stereocenters. The smallest absolute Gasteiger partial charge is 0.254 e. The van der Waals surface area contributed by atoms with Gasteiger partial charge in [-0.2, -0.15) is 0 Å². The number of nitrogens with one attached hydrogen (secondary N) is 1. The fourth-order valence-electron chi connectivity index (χ4n) is 6.74. The first-order valence-electron chi connectivity index (χ1n) is 11.6. The number of carbonyl (C=O) groups excluding carboxylic acids is 2. The van der Waals surface area contributed by atoms with Crippen molar-refractivity contribution in [3.63, 3.8) is 0 Å². The summed E-state index contributed by atoms with van der Waals surface area (Å²) in [4.78, 5) is 29.7. The van der Waals surface area contributed by atoms with Crippen molar-refractivity contribution < 1.29 is 9.59 Å². The number of anilines is 1. The third-order valence-corrected chi connectivity index (χ3v) is 7.89. The van der Waals surface area contributed by atoms with Crippen LogP contribution in [0.4, 0.5) is 5.69 Å². The van der Waals surface area contributed by atoms with Gasteiger partial charge in [0.15, 0.2) is 0 Å². The van der Waals surface area contributed by atoms with Gasteiger partial charge in [0.1, 0.15) is 6.04 Å². The SMILES string of the molecule is CC(=O)NC1C(=O)N(C2CCN(C3C4CCCC3CCC4)CC2)c2ccccc21. The average Bonchev–Trinajstić information content (AvgIpc) is 2.99. The summed E-state index contributed by atoms with van der Waals surface area (Å²) < 4.78 is 0. The van der Waals surface area contributed by atoms with Crippen LogP contribution in [0.25, 0.3) is 0 Å². The minimum atomic E-state index is -0.528. The summed E-state index contributed by atoms with van der Waals surface area (Å²) in [5.41, 5.74) is 1.93. The average molecular weight is 396 g/mol. The van der Waals surface area contributed by atoms with Gasteiger partial charge in [-0.1, -0.05) is 31.0 Å². The number of hydrogen-bond donors (Lipinski definition) is 1. The Morgan fingerprint density at radius 1 is 0.966 bits per heavy atom. The molecular weight excluding hydrogens is 362 g/mol. The van der Waals surface area contributed by atoms with Crippen LogP contribution in [0.2, 0.25) is 0 Å². The molecule has 4 aliphatic rings. The highest BCUT2D eigenvalue weighted by atomic mass is 16.2. The van der Waals surface area contributed by atoms with Crippen LogP contribution in [0.5, 0.6) is 0 Å². The van der Waals surface area contributed by atoms with E-state index in [1.165, 1.54) is 45.4 Å². The van der Waals surface area contributed by atoms with Crippen LogP contribution in [0.15, 0.2) is 24.3 Å². The summed E-state index contributed by atoms with van der Waals surface area (Å²) in [6, 6.07) is 8.45.